The van der Waals surface area contributed by atoms with Gasteiger partial charge in [-0.15, -0.1) is 0 Å². The van der Waals surface area contributed by atoms with Gasteiger partial charge >= 0.3 is 0 Å². The lowest BCUT2D eigenvalue weighted by molar-refractivity contribution is 0.527. The Balaban J connectivity index is 2.93. The van der Waals surface area contributed by atoms with Gasteiger partial charge in [-0.25, -0.2) is 0 Å². The Bertz CT molecular complexity index is 177. The molecule has 0 aromatic rings. The van der Waals surface area contributed by atoms with Gasteiger partial charge in [0.2, 0.25) is 0 Å². The van der Waals surface area contributed by atoms with E-state index in [2.05, 4.69) is 36.4 Å². The minimum atomic E-state index is 0.870. The molecule has 0 aliphatic carbocycles. The van der Waals surface area contributed by atoms with Gasteiger partial charge in [0.1, 0.15) is 0 Å². The van der Waals surface area contributed by atoms with Crippen molar-refractivity contribution in [3.63, 3.8) is 0 Å². The first kappa shape index (κ1) is 21.7. The van der Waals surface area contributed by atoms with Crippen molar-refractivity contribution in [1.82, 2.24) is 0 Å². The highest BCUT2D eigenvalue weighted by Gasteiger charge is 1.96. The summed E-state index contributed by atoms with van der Waals surface area (Å²) in [4.78, 5) is 0. The van der Waals surface area contributed by atoms with Crippen molar-refractivity contribution in [2.24, 2.45) is 0 Å². The molecular formula is C20H41I. The molecule has 1 atom stereocenters. The molecule has 128 valence electrons. The van der Waals surface area contributed by atoms with E-state index in [1.807, 2.05) is 0 Å². The predicted molar refractivity (Wildman–Crippen MR) is 108 cm³/mol. The molecule has 1 heteroatoms. The average Bonchev–Trinajstić information content (AvgIpc) is 2.46. The fourth-order valence-electron chi connectivity index (χ4n) is 2.97. The standard InChI is InChI=1S/C20H41I/c1-3-4-5-6-7-8-9-10-11-12-13-14-15-16-17-18-19-20(2)21/h20H,3-19H2,1-2H3. The van der Waals surface area contributed by atoms with Gasteiger partial charge in [0.05, 0.1) is 0 Å². The van der Waals surface area contributed by atoms with E-state index in [-0.39, 0.29) is 0 Å². The number of alkyl halides is 1. The fraction of sp³-hybridized carbons (Fsp3) is 1.00. The first-order chi connectivity index (χ1) is 10.3. The highest BCUT2D eigenvalue weighted by atomic mass is 127. The van der Waals surface area contributed by atoms with Crippen LogP contribution in [0.3, 0.4) is 0 Å². The van der Waals surface area contributed by atoms with E-state index in [0.717, 1.165) is 3.92 Å². The molecule has 0 nitrogen and oxygen atoms in total. The second-order valence-corrected chi connectivity index (χ2v) is 9.00. The molecule has 1 unspecified atom stereocenters. The molecule has 0 rings (SSSR count). The maximum Gasteiger partial charge on any atom is 0.00813 e. The predicted octanol–water partition coefficient (Wildman–Crippen LogP) is 8.46. The molecular weight excluding hydrogens is 367 g/mol. The van der Waals surface area contributed by atoms with Gasteiger partial charge in [-0.2, -0.15) is 0 Å². The van der Waals surface area contributed by atoms with Crippen molar-refractivity contribution in [1.29, 1.82) is 0 Å². The Morgan fingerprint density at radius 1 is 0.524 bits per heavy atom. The van der Waals surface area contributed by atoms with Crippen molar-refractivity contribution in [2.75, 3.05) is 0 Å². The average molecular weight is 408 g/mol. The topological polar surface area (TPSA) is 0 Å². The lowest BCUT2D eigenvalue weighted by Crippen LogP contribution is -1.89. The minimum Gasteiger partial charge on any atom is -0.0829 e. The quantitative estimate of drug-likeness (QED) is 0.129. The molecule has 21 heavy (non-hydrogen) atoms. The lowest BCUT2D eigenvalue weighted by Gasteiger charge is -2.04. The summed E-state index contributed by atoms with van der Waals surface area (Å²) in [5.74, 6) is 0. The lowest BCUT2D eigenvalue weighted by atomic mass is 10.0. The second kappa shape index (κ2) is 18.8. The van der Waals surface area contributed by atoms with Gasteiger partial charge in [0, 0.05) is 3.92 Å². The second-order valence-electron chi connectivity index (χ2n) is 6.87. The molecule has 0 aliphatic rings. The van der Waals surface area contributed by atoms with E-state index in [9.17, 15) is 0 Å². The summed E-state index contributed by atoms with van der Waals surface area (Å²) < 4.78 is 0.870. The summed E-state index contributed by atoms with van der Waals surface area (Å²) in [6, 6.07) is 0. The maximum absolute atomic E-state index is 2.54. The summed E-state index contributed by atoms with van der Waals surface area (Å²) >= 11 is 2.54. The van der Waals surface area contributed by atoms with Crippen LogP contribution >= 0.6 is 22.6 Å². The number of unbranched alkanes of at least 4 members (excludes halogenated alkanes) is 15. The van der Waals surface area contributed by atoms with Crippen LogP contribution in [0.5, 0.6) is 0 Å². The van der Waals surface area contributed by atoms with E-state index in [1.54, 1.807) is 0 Å². The van der Waals surface area contributed by atoms with Gasteiger partial charge in [0.15, 0.2) is 0 Å². The summed E-state index contributed by atoms with van der Waals surface area (Å²) in [6.07, 6.45) is 24.9. The zero-order valence-corrected chi connectivity index (χ0v) is 17.1. The maximum atomic E-state index is 2.54. The van der Waals surface area contributed by atoms with Crippen LogP contribution in [0.2, 0.25) is 0 Å². The van der Waals surface area contributed by atoms with Crippen LogP contribution in [0.1, 0.15) is 123 Å². The van der Waals surface area contributed by atoms with E-state index >= 15 is 0 Å². The third-order valence-electron chi connectivity index (χ3n) is 4.46. The van der Waals surface area contributed by atoms with Crippen LogP contribution in [-0.4, -0.2) is 3.92 Å². The van der Waals surface area contributed by atoms with Gasteiger partial charge < -0.3 is 0 Å². The van der Waals surface area contributed by atoms with Crippen molar-refractivity contribution >= 4 is 22.6 Å². The van der Waals surface area contributed by atoms with Crippen molar-refractivity contribution in [3.8, 4) is 0 Å². The Hall–Kier alpha value is 0.730. The van der Waals surface area contributed by atoms with Crippen molar-refractivity contribution in [2.45, 2.75) is 127 Å². The smallest absolute Gasteiger partial charge is 0.00813 e. The Kier molecular flexibility index (Phi) is 19.4. The van der Waals surface area contributed by atoms with Crippen LogP contribution < -0.4 is 0 Å². The van der Waals surface area contributed by atoms with Crippen LogP contribution in [0.15, 0.2) is 0 Å². The number of hydrogen-bond acceptors (Lipinski definition) is 0. The summed E-state index contributed by atoms with van der Waals surface area (Å²) in [5.41, 5.74) is 0. The van der Waals surface area contributed by atoms with Gasteiger partial charge in [-0.05, 0) is 6.42 Å². The molecule has 0 aromatic heterocycles. The molecule has 0 saturated heterocycles. The highest BCUT2D eigenvalue weighted by Crippen LogP contribution is 2.15. The largest absolute Gasteiger partial charge is 0.0829 e. The summed E-state index contributed by atoms with van der Waals surface area (Å²) in [6.45, 7) is 4.62. The molecule has 0 heterocycles. The van der Waals surface area contributed by atoms with Gasteiger partial charge in [-0.1, -0.05) is 139 Å². The first-order valence-corrected chi connectivity index (χ1v) is 11.2. The zero-order valence-electron chi connectivity index (χ0n) is 15.0. The molecule has 0 saturated carbocycles. The van der Waals surface area contributed by atoms with Crippen molar-refractivity contribution < 1.29 is 0 Å². The Morgan fingerprint density at radius 3 is 1.10 bits per heavy atom. The van der Waals surface area contributed by atoms with E-state index < -0.39 is 0 Å². The van der Waals surface area contributed by atoms with Crippen molar-refractivity contribution in [3.05, 3.63) is 0 Å². The third kappa shape index (κ3) is 20.7. The number of rotatable bonds is 17. The summed E-state index contributed by atoms with van der Waals surface area (Å²) in [5, 5.41) is 0. The molecule has 0 aliphatic heterocycles. The molecule has 0 radical (unpaired) electrons. The summed E-state index contributed by atoms with van der Waals surface area (Å²) in [7, 11) is 0. The van der Waals surface area contributed by atoms with E-state index in [0.29, 0.717) is 0 Å². The fourth-order valence-corrected chi connectivity index (χ4v) is 3.41. The number of hydrogen-bond donors (Lipinski definition) is 0. The molecule has 0 bridgehead atoms. The molecule has 0 fully saturated rings. The molecule has 0 N–H and O–H groups in total. The zero-order chi connectivity index (χ0) is 15.6. The Morgan fingerprint density at radius 2 is 0.810 bits per heavy atom. The highest BCUT2D eigenvalue weighted by molar-refractivity contribution is 14.1. The minimum absolute atomic E-state index is 0.870. The first-order valence-electron chi connectivity index (χ1n) is 9.91. The monoisotopic (exact) mass is 408 g/mol. The van der Waals surface area contributed by atoms with Gasteiger partial charge in [0.25, 0.3) is 0 Å². The van der Waals surface area contributed by atoms with Gasteiger partial charge in [-0.3, -0.25) is 0 Å². The molecule has 0 spiro atoms. The van der Waals surface area contributed by atoms with E-state index in [1.165, 1.54) is 109 Å². The Labute approximate surface area is 149 Å². The van der Waals surface area contributed by atoms with Crippen LogP contribution in [-0.2, 0) is 0 Å². The third-order valence-corrected chi connectivity index (χ3v) is 5.08. The molecule has 0 aromatic carbocycles. The van der Waals surface area contributed by atoms with Crippen LogP contribution in [0, 0.1) is 0 Å². The molecule has 0 amide bonds. The number of halogens is 1. The normalized spacial score (nSPS) is 12.7. The van der Waals surface area contributed by atoms with E-state index in [4.69, 9.17) is 0 Å². The SMILES string of the molecule is CCCCCCCCCCCCCCCCCCC(C)I. The van der Waals surface area contributed by atoms with Crippen LogP contribution in [0.4, 0.5) is 0 Å². The van der Waals surface area contributed by atoms with Crippen LogP contribution in [0.25, 0.3) is 0 Å².